The van der Waals surface area contributed by atoms with Gasteiger partial charge in [-0.3, -0.25) is 0 Å². The Morgan fingerprint density at radius 2 is 0.680 bits per heavy atom. The van der Waals surface area contributed by atoms with Crippen LogP contribution in [0.15, 0.2) is 194 Å². The van der Waals surface area contributed by atoms with Crippen LogP contribution in [0.2, 0.25) is 0 Å². The molecule has 0 radical (unpaired) electrons. The zero-order valence-electron chi connectivity index (χ0n) is 33.9. The van der Waals surface area contributed by atoms with Crippen LogP contribution in [0.3, 0.4) is 0 Å². The molecule has 0 unspecified atom stereocenters. The van der Waals surface area contributed by atoms with E-state index in [1.165, 1.54) is 0 Å². The fourth-order valence-corrected chi connectivity index (χ4v) is 7.33. The van der Waals surface area contributed by atoms with Gasteiger partial charge >= 0.3 is 0 Å². The summed E-state index contributed by atoms with van der Waals surface area (Å²) in [4.78, 5) is 0. The molecule has 0 bridgehead atoms. The van der Waals surface area contributed by atoms with Gasteiger partial charge in [0.1, 0.15) is 0 Å². The fourth-order valence-electron chi connectivity index (χ4n) is 7.33. The zero-order chi connectivity index (χ0) is 39.1. The normalized spacial score (nSPS) is 13.6. The van der Waals surface area contributed by atoms with Gasteiger partial charge in [-0.2, -0.15) is 0 Å². The maximum Gasteiger partial charge on any atom is 0.0636 e. The minimum Gasteiger partial charge on any atom is -0.0616 e. The summed E-state index contributed by atoms with van der Waals surface area (Å²) in [5, 5.41) is 7.30. The molecule has 0 saturated carbocycles. The Labute approximate surface area is 301 Å². The van der Waals surface area contributed by atoms with Gasteiger partial charge in [0.2, 0.25) is 0 Å². The Morgan fingerprint density at radius 3 is 1.24 bits per heavy atom. The van der Waals surface area contributed by atoms with E-state index in [1.807, 2.05) is 121 Å². The molecular formula is C50H32. The van der Waals surface area contributed by atoms with Crippen molar-refractivity contribution in [2.24, 2.45) is 0 Å². The van der Waals surface area contributed by atoms with Gasteiger partial charge in [-0.05, 0) is 123 Å². The van der Waals surface area contributed by atoms with Crippen LogP contribution in [0, 0.1) is 0 Å². The van der Waals surface area contributed by atoms with Crippen molar-refractivity contribution in [2.75, 3.05) is 0 Å². The highest BCUT2D eigenvalue weighted by atomic mass is 14.2. The van der Waals surface area contributed by atoms with E-state index in [2.05, 4.69) is 30.3 Å². The molecule has 0 fully saturated rings. The standard InChI is InChI=1S/C50H32/c1-4-12-38-29-41(24-19-33(38)9-1)36-17-22-37(23-18-36)49-45-15-7-8-16-46(45)50(44-26-21-35-11-3-6-14-40(35)31-44)47-28-27-43(32-48(47)49)42-25-20-34-10-2-5-13-39(34)30-42/h1-32H/i7D,8D,15D,16D,27D,28D,32D. The first kappa shape index (κ1) is 22.2. The quantitative estimate of drug-likeness (QED) is 0.168. The van der Waals surface area contributed by atoms with Crippen molar-refractivity contribution in [1.29, 1.82) is 0 Å². The summed E-state index contributed by atoms with van der Waals surface area (Å²) in [5.41, 5.74) is 5.02. The van der Waals surface area contributed by atoms with Gasteiger partial charge in [-0.15, -0.1) is 0 Å². The Bertz CT molecular complexity index is 3310. The smallest absolute Gasteiger partial charge is 0.0616 e. The van der Waals surface area contributed by atoms with E-state index in [0.29, 0.717) is 38.6 Å². The van der Waals surface area contributed by atoms with Crippen LogP contribution in [0.25, 0.3) is 98.4 Å². The van der Waals surface area contributed by atoms with Crippen molar-refractivity contribution >= 4 is 53.9 Å². The third-order valence-electron chi connectivity index (χ3n) is 9.83. The molecule has 0 aromatic heterocycles. The van der Waals surface area contributed by atoms with Crippen LogP contribution in [-0.4, -0.2) is 0 Å². The second-order valence-corrected chi connectivity index (χ2v) is 12.8. The van der Waals surface area contributed by atoms with Crippen LogP contribution in [-0.2, 0) is 0 Å². The SMILES string of the molecule is [2H]c1c([2H])c([2H])c2c(-c3ccc(-c4ccc5ccccc5c4)cc3)c3c([2H])c(-c4ccc5ccccc5c4)c([2H])c([2H])c3c(-c3ccc4ccccc4c3)c2c1[2H]. The largest absolute Gasteiger partial charge is 0.0636 e. The molecule has 10 rings (SSSR count). The first-order valence-corrected chi connectivity index (χ1v) is 16.8. The Kier molecular flexibility index (Phi) is 5.14. The lowest BCUT2D eigenvalue weighted by molar-refractivity contribution is 1.62. The van der Waals surface area contributed by atoms with Crippen molar-refractivity contribution in [3.63, 3.8) is 0 Å². The summed E-state index contributed by atoms with van der Waals surface area (Å²) < 4.78 is 66.0. The maximum absolute atomic E-state index is 10.1. The van der Waals surface area contributed by atoms with Gasteiger partial charge in [0.25, 0.3) is 0 Å². The summed E-state index contributed by atoms with van der Waals surface area (Å²) in [7, 11) is 0. The van der Waals surface area contributed by atoms with Crippen LogP contribution >= 0.6 is 0 Å². The van der Waals surface area contributed by atoms with Gasteiger partial charge in [0, 0.05) is 0 Å². The Morgan fingerprint density at radius 1 is 0.280 bits per heavy atom. The molecule has 0 heteroatoms. The molecular weight excluding hydrogens is 601 g/mol. The topological polar surface area (TPSA) is 0 Å². The molecule has 0 nitrogen and oxygen atoms in total. The lowest BCUT2D eigenvalue weighted by Gasteiger charge is -2.19. The predicted molar refractivity (Wildman–Crippen MR) is 216 cm³/mol. The van der Waals surface area contributed by atoms with E-state index >= 15 is 0 Å². The summed E-state index contributed by atoms with van der Waals surface area (Å²) in [6.07, 6.45) is 0. The molecule has 232 valence electrons. The summed E-state index contributed by atoms with van der Waals surface area (Å²) in [6.45, 7) is 0. The number of rotatable bonds is 4. The highest BCUT2D eigenvalue weighted by Crippen LogP contribution is 2.45. The predicted octanol–water partition coefficient (Wildman–Crippen LogP) is 14.1. The maximum atomic E-state index is 10.1. The molecule has 0 atom stereocenters. The molecule has 0 saturated heterocycles. The highest BCUT2D eigenvalue weighted by Gasteiger charge is 2.18. The van der Waals surface area contributed by atoms with Gasteiger partial charge < -0.3 is 0 Å². The van der Waals surface area contributed by atoms with Crippen LogP contribution < -0.4 is 0 Å². The summed E-state index contributed by atoms with van der Waals surface area (Å²) >= 11 is 0. The molecule has 0 N–H and O–H groups in total. The molecule has 0 amide bonds. The molecule has 0 spiro atoms. The lowest BCUT2D eigenvalue weighted by atomic mass is 9.84. The van der Waals surface area contributed by atoms with E-state index in [1.54, 1.807) is 0 Å². The summed E-state index contributed by atoms with van der Waals surface area (Å²) in [5.74, 6) is 0. The van der Waals surface area contributed by atoms with E-state index < -0.39 is 0 Å². The molecule has 0 aliphatic rings. The second-order valence-electron chi connectivity index (χ2n) is 12.8. The number of fused-ring (bicyclic) bond motifs is 5. The first-order chi connectivity index (χ1) is 27.7. The van der Waals surface area contributed by atoms with Crippen molar-refractivity contribution in [2.45, 2.75) is 0 Å². The van der Waals surface area contributed by atoms with E-state index in [4.69, 9.17) is 2.74 Å². The molecule has 0 heterocycles. The fraction of sp³-hybridized carbons (Fsp3) is 0. The summed E-state index contributed by atoms with van der Waals surface area (Å²) in [6, 6.07) is 48.3. The number of hydrogen-bond acceptors (Lipinski definition) is 0. The highest BCUT2D eigenvalue weighted by molar-refractivity contribution is 6.22. The van der Waals surface area contributed by atoms with Crippen molar-refractivity contribution in [1.82, 2.24) is 0 Å². The second kappa shape index (κ2) is 11.6. The van der Waals surface area contributed by atoms with E-state index in [9.17, 15) is 6.85 Å². The monoisotopic (exact) mass is 639 g/mol. The minimum absolute atomic E-state index is 0.0197. The average Bonchev–Trinajstić information content (AvgIpc) is 3.25. The van der Waals surface area contributed by atoms with Gasteiger partial charge in [0.05, 0.1) is 9.60 Å². The lowest BCUT2D eigenvalue weighted by Crippen LogP contribution is -1.92. The van der Waals surface area contributed by atoms with E-state index in [0.717, 1.165) is 43.4 Å². The first-order valence-electron chi connectivity index (χ1n) is 20.3. The van der Waals surface area contributed by atoms with Crippen LogP contribution in [0.4, 0.5) is 0 Å². The molecule has 10 aromatic rings. The molecule has 0 aliphatic heterocycles. The molecule has 50 heavy (non-hydrogen) atoms. The van der Waals surface area contributed by atoms with E-state index in [-0.39, 0.29) is 58.6 Å². The minimum atomic E-state index is -0.386. The van der Waals surface area contributed by atoms with Crippen molar-refractivity contribution < 1.29 is 9.60 Å². The van der Waals surface area contributed by atoms with Gasteiger partial charge in [0.15, 0.2) is 0 Å². The Hall–Kier alpha value is -6.50. The van der Waals surface area contributed by atoms with Crippen LogP contribution in [0.1, 0.15) is 9.60 Å². The van der Waals surface area contributed by atoms with Crippen molar-refractivity contribution in [3.05, 3.63) is 194 Å². The molecule has 10 aromatic carbocycles. The number of benzene rings is 10. The molecule has 0 aliphatic carbocycles. The van der Waals surface area contributed by atoms with Crippen molar-refractivity contribution in [3.8, 4) is 44.5 Å². The van der Waals surface area contributed by atoms with Gasteiger partial charge in [-0.25, -0.2) is 0 Å². The van der Waals surface area contributed by atoms with Gasteiger partial charge in [-0.1, -0.05) is 170 Å². The van der Waals surface area contributed by atoms with Crippen LogP contribution in [0.5, 0.6) is 0 Å². The Balaban J connectivity index is 1.36. The zero-order valence-corrected chi connectivity index (χ0v) is 26.9. The third-order valence-corrected chi connectivity index (χ3v) is 9.83. The third kappa shape index (κ3) is 4.77. The average molecular weight is 640 g/mol. The number of hydrogen-bond donors (Lipinski definition) is 0.